The van der Waals surface area contributed by atoms with Crippen LogP contribution in [0.3, 0.4) is 0 Å². The Balaban J connectivity index is 1.83. The Morgan fingerprint density at radius 3 is 2.67 bits per heavy atom. The number of imide groups is 1. The van der Waals surface area contributed by atoms with E-state index in [1.54, 1.807) is 18.2 Å². The maximum Gasteiger partial charge on any atom is 0.373 e. The van der Waals surface area contributed by atoms with Gasteiger partial charge in [-0.2, -0.15) is 0 Å². The molecule has 0 unspecified atom stereocenters. The van der Waals surface area contributed by atoms with E-state index in [4.69, 9.17) is 13.9 Å². The monoisotopic (exact) mass is 495 g/mol. The van der Waals surface area contributed by atoms with Crippen LogP contribution in [0, 0.1) is 0 Å². The lowest BCUT2D eigenvalue weighted by Crippen LogP contribution is -2.27. The zero-order valence-electron chi connectivity index (χ0n) is 16.4. The summed E-state index contributed by atoms with van der Waals surface area (Å²) in [6.07, 6.45) is 1.61. The Morgan fingerprint density at radius 2 is 2.00 bits per heavy atom. The molecule has 3 rings (SSSR count). The van der Waals surface area contributed by atoms with Crippen LogP contribution in [-0.4, -0.2) is 42.8 Å². The summed E-state index contributed by atoms with van der Waals surface area (Å²) in [5.74, 6) is 0.281. The maximum absolute atomic E-state index is 12.8. The number of amides is 2. The van der Waals surface area contributed by atoms with Crippen LogP contribution in [0.25, 0.3) is 6.08 Å². The minimum atomic E-state index is -0.634. The Morgan fingerprint density at radius 1 is 1.23 bits per heavy atom. The molecule has 1 fully saturated rings. The highest BCUT2D eigenvalue weighted by Crippen LogP contribution is 2.38. The number of furan rings is 1. The van der Waals surface area contributed by atoms with Crippen LogP contribution in [0.4, 0.5) is 4.79 Å². The van der Waals surface area contributed by atoms with Crippen LogP contribution in [0.5, 0.6) is 11.5 Å². The van der Waals surface area contributed by atoms with Gasteiger partial charge in [0.1, 0.15) is 5.76 Å². The second kappa shape index (κ2) is 9.40. The number of methoxy groups -OCH3 is 2. The van der Waals surface area contributed by atoms with Gasteiger partial charge in [-0.3, -0.25) is 14.5 Å². The topological polar surface area (TPSA) is 95.3 Å². The van der Waals surface area contributed by atoms with Gasteiger partial charge < -0.3 is 18.6 Å². The lowest BCUT2D eigenvalue weighted by atomic mass is 10.2. The molecule has 1 aromatic heterocycles. The van der Waals surface area contributed by atoms with E-state index in [1.807, 2.05) is 6.92 Å². The van der Waals surface area contributed by atoms with Gasteiger partial charge in [0.05, 0.1) is 32.3 Å². The molecule has 0 atom stereocenters. The Kier molecular flexibility index (Phi) is 6.88. The van der Waals surface area contributed by atoms with Crippen LogP contribution in [0.2, 0.25) is 0 Å². The van der Waals surface area contributed by atoms with Crippen molar-refractivity contribution in [3.63, 3.8) is 0 Å². The van der Waals surface area contributed by atoms with Crippen molar-refractivity contribution < 1.29 is 33.0 Å². The number of esters is 1. The predicted octanol–water partition coefficient (Wildman–Crippen LogP) is 4.47. The smallest absolute Gasteiger partial charge is 0.373 e. The van der Waals surface area contributed by atoms with Crippen molar-refractivity contribution in [3.05, 3.63) is 50.7 Å². The number of halogens is 1. The molecule has 2 amide bonds. The van der Waals surface area contributed by atoms with Gasteiger partial charge in [-0.1, -0.05) is 15.9 Å². The molecular weight excluding hydrogens is 478 g/mol. The molecule has 0 bridgehead atoms. The van der Waals surface area contributed by atoms with E-state index < -0.39 is 17.1 Å². The summed E-state index contributed by atoms with van der Waals surface area (Å²) in [7, 11) is 2.77. The SMILES string of the molecule is CCOc1cc(C=C2SC(=O)N(Cc3ccc(C(=O)OC)o3)C2=O)c(Br)cc1OC. The fourth-order valence-corrected chi connectivity index (χ4v) is 3.96. The first-order valence-electron chi connectivity index (χ1n) is 8.80. The molecule has 1 aliphatic heterocycles. The summed E-state index contributed by atoms with van der Waals surface area (Å²) in [5, 5.41) is -0.433. The van der Waals surface area contributed by atoms with Crippen molar-refractivity contribution in [1.82, 2.24) is 4.90 Å². The van der Waals surface area contributed by atoms with Crippen molar-refractivity contribution in [2.24, 2.45) is 0 Å². The molecule has 0 radical (unpaired) electrons. The average molecular weight is 496 g/mol. The normalized spacial score (nSPS) is 15.1. The molecule has 1 saturated heterocycles. The van der Waals surface area contributed by atoms with Gasteiger partial charge in [-0.15, -0.1) is 0 Å². The van der Waals surface area contributed by atoms with Crippen LogP contribution < -0.4 is 9.47 Å². The molecule has 30 heavy (non-hydrogen) atoms. The van der Waals surface area contributed by atoms with E-state index in [0.29, 0.717) is 33.9 Å². The molecule has 2 heterocycles. The highest BCUT2D eigenvalue weighted by molar-refractivity contribution is 9.10. The van der Waals surface area contributed by atoms with E-state index >= 15 is 0 Å². The number of rotatable bonds is 7. The third-order valence-corrected chi connectivity index (χ3v) is 5.70. The Hall–Kier alpha value is -2.72. The van der Waals surface area contributed by atoms with Crippen molar-refractivity contribution in [3.8, 4) is 11.5 Å². The molecule has 8 nitrogen and oxygen atoms in total. The van der Waals surface area contributed by atoms with Crippen LogP contribution in [0.15, 0.2) is 38.1 Å². The highest BCUT2D eigenvalue weighted by atomic mass is 79.9. The van der Waals surface area contributed by atoms with E-state index in [1.165, 1.54) is 26.4 Å². The van der Waals surface area contributed by atoms with Gasteiger partial charge in [-0.25, -0.2) is 4.79 Å². The van der Waals surface area contributed by atoms with E-state index in [9.17, 15) is 14.4 Å². The van der Waals surface area contributed by atoms with Crippen molar-refractivity contribution in [2.75, 3.05) is 20.8 Å². The summed E-state index contributed by atoms with van der Waals surface area (Å²) in [4.78, 5) is 38.0. The number of nitrogens with zero attached hydrogens (tertiary/aromatic N) is 1. The van der Waals surface area contributed by atoms with Crippen molar-refractivity contribution in [1.29, 1.82) is 0 Å². The molecule has 0 spiro atoms. The predicted molar refractivity (Wildman–Crippen MR) is 113 cm³/mol. The Bertz CT molecular complexity index is 1030. The second-order valence-corrected chi connectivity index (χ2v) is 7.83. The van der Waals surface area contributed by atoms with Crippen LogP contribution >= 0.6 is 27.7 Å². The lowest BCUT2D eigenvalue weighted by molar-refractivity contribution is -0.123. The molecule has 1 aromatic carbocycles. The summed E-state index contributed by atoms with van der Waals surface area (Å²) >= 11 is 4.27. The lowest BCUT2D eigenvalue weighted by Gasteiger charge is -2.12. The summed E-state index contributed by atoms with van der Waals surface area (Å²) in [5.41, 5.74) is 0.663. The zero-order valence-corrected chi connectivity index (χ0v) is 18.8. The number of carbonyl (C=O) groups excluding carboxylic acids is 3. The van der Waals surface area contributed by atoms with Gasteiger partial charge in [0.25, 0.3) is 11.1 Å². The second-order valence-electron chi connectivity index (χ2n) is 5.98. The first-order valence-corrected chi connectivity index (χ1v) is 10.4. The summed E-state index contributed by atoms with van der Waals surface area (Å²) < 4.78 is 21.5. The Labute approximate surface area is 185 Å². The summed E-state index contributed by atoms with van der Waals surface area (Å²) in [6, 6.07) is 6.42. The van der Waals surface area contributed by atoms with Crippen molar-refractivity contribution >= 4 is 50.9 Å². The molecule has 2 aromatic rings. The largest absolute Gasteiger partial charge is 0.493 e. The van der Waals surface area contributed by atoms with E-state index in [-0.39, 0.29) is 17.2 Å². The van der Waals surface area contributed by atoms with Gasteiger partial charge in [-0.05, 0) is 54.6 Å². The van der Waals surface area contributed by atoms with Gasteiger partial charge in [0.15, 0.2) is 11.5 Å². The molecular formula is C20H18BrNO7S. The van der Waals surface area contributed by atoms with Gasteiger partial charge in [0.2, 0.25) is 5.76 Å². The van der Waals surface area contributed by atoms with Crippen molar-refractivity contribution in [2.45, 2.75) is 13.5 Å². The average Bonchev–Trinajstić information content (AvgIpc) is 3.30. The standard InChI is InChI=1S/C20H18BrNO7S/c1-4-28-16-7-11(13(21)9-15(16)26-2)8-17-18(23)22(20(25)30-17)10-12-5-6-14(29-12)19(24)27-3/h5-9H,4,10H2,1-3H3. The minimum Gasteiger partial charge on any atom is -0.493 e. The van der Waals surface area contributed by atoms with Gasteiger partial charge in [0, 0.05) is 4.47 Å². The third kappa shape index (κ3) is 4.54. The molecule has 0 N–H and O–H groups in total. The molecule has 0 aliphatic carbocycles. The van der Waals surface area contributed by atoms with Gasteiger partial charge >= 0.3 is 5.97 Å². The zero-order chi connectivity index (χ0) is 21.8. The number of thioether (sulfide) groups is 1. The first kappa shape index (κ1) is 22.0. The van der Waals surface area contributed by atoms with E-state index in [0.717, 1.165) is 16.7 Å². The van der Waals surface area contributed by atoms with Crippen LogP contribution in [0.1, 0.15) is 28.8 Å². The number of hydrogen-bond donors (Lipinski definition) is 0. The minimum absolute atomic E-state index is 0.000584. The summed E-state index contributed by atoms with van der Waals surface area (Å²) in [6.45, 7) is 2.21. The molecule has 158 valence electrons. The molecule has 10 heteroatoms. The number of carbonyl (C=O) groups is 3. The third-order valence-electron chi connectivity index (χ3n) is 4.11. The number of benzene rings is 1. The number of ether oxygens (including phenoxy) is 3. The fourth-order valence-electron chi connectivity index (χ4n) is 2.70. The van der Waals surface area contributed by atoms with Crippen LogP contribution in [-0.2, 0) is 16.1 Å². The fraction of sp³-hybridized carbons (Fsp3) is 0.250. The molecule has 0 saturated carbocycles. The highest BCUT2D eigenvalue weighted by Gasteiger charge is 2.36. The number of hydrogen-bond acceptors (Lipinski definition) is 8. The maximum atomic E-state index is 12.8. The molecule has 1 aliphatic rings. The first-order chi connectivity index (χ1) is 14.4. The van der Waals surface area contributed by atoms with E-state index in [2.05, 4.69) is 20.7 Å². The quantitative estimate of drug-likeness (QED) is 0.409.